The maximum absolute atomic E-state index is 12.5. The Hall–Kier alpha value is -2.57. The van der Waals surface area contributed by atoms with Crippen LogP contribution in [0.1, 0.15) is 11.3 Å². The van der Waals surface area contributed by atoms with E-state index in [2.05, 4.69) is 9.97 Å². The standard InChI is InChI=1S/C14H11F3N4/c15-14(16,17)11-1-3-13(4-2-11)21-8-12(19-10-21)7-20-6-5-18-9-20/h1-6,8-10H,7H2. The Labute approximate surface area is 118 Å². The molecule has 0 spiro atoms. The Kier molecular flexibility index (Phi) is 3.25. The van der Waals surface area contributed by atoms with Crippen molar-refractivity contribution in [1.82, 2.24) is 19.1 Å². The van der Waals surface area contributed by atoms with Crippen molar-refractivity contribution < 1.29 is 13.2 Å². The lowest BCUT2D eigenvalue weighted by atomic mass is 10.2. The monoisotopic (exact) mass is 292 g/mol. The van der Waals surface area contributed by atoms with E-state index in [0.717, 1.165) is 17.8 Å². The second-order valence-corrected chi connectivity index (χ2v) is 4.55. The van der Waals surface area contributed by atoms with Gasteiger partial charge in [0, 0.05) is 24.3 Å². The molecule has 3 aromatic rings. The first-order valence-corrected chi connectivity index (χ1v) is 6.18. The van der Waals surface area contributed by atoms with Crippen LogP contribution in [-0.4, -0.2) is 19.1 Å². The van der Waals surface area contributed by atoms with Crippen LogP contribution < -0.4 is 0 Å². The molecule has 0 amide bonds. The van der Waals surface area contributed by atoms with Crippen LogP contribution >= 0.6 is 0 Å². The number of halogens is 3. The Morgan fingerprint density at radius 1 is 1.05 bits per heavy atom. The average molecular weight is 292 g/mol. The summed E-state index contributed by atoms with van der Waals surface area (Å²) in [7, 11) is 0. The number of rotatable bonds is 3. The van der Waals surface area contributed by atoms with Gasteiger partial charge in [0.15, 0.2) is 0 Å². The number of hydrogen-bond donors (Lipinski definition) is 0. The fourth-order valence-electron chi connectivity index (χ4n) is 1.98. The molecule has 0 aliphatic rings. The molecule has 0 bridgehead atoms. The summed E-state index contributed by atoms with van der Waals surface area (Å²) < 4.78 is 41.1. The van der Waals surface area contributed by atoms with Gasteiger partial charge in [-0.1, -0.05) is 0 Å². The van der Waals surface area contributed by atoms with E-state index in [0.29, 0.717) is 12.2 Å². The third-order valence-electron chi connectivity index (χ3n) is 3.03. The summed E-state index contributed by atoms with van der Waals surface area (Å²) in [5.41, 5.74) is 0.769. The number of benzene rings is 1. The normalized spacial score (nSPS) is 11.8. The molecular weight excluding hydrogens is 281 g/mol. The van der Waals surface area contributed by atoms with Gasteiger partial charge in [-0.05, 0) is 24.3 Å². The van der Waals surface area contributed by atoms with Crippen molar-refractivity contribution in [3.63, 3.8) is 0 Å². The van der Waals surface area contributed by atoms with Crippen molar-refractivity contribution in [2.75, 3.05) is 0 Å². The van der Waals surface area contributed by atoms with Gasteiger partial charge in [0.25, 0.3) is 0 Å². The highest BCUT2D eigenvalue weighted by molar-refractivity contribution is 5.36. The third kappa shape index (κ3) is 2.96. The van der Waals surface area contributed by atoms with Gasteiger partial charge in [0.2, 0.25) is 0 Å². The molecular formula is C14H11F3N4. The van der Waals surface area contributed by atoms with Crippen molar-refractivity contribution in [2.45, 2.75) is 12.7 Å². The molecule has 0 saturated carbocycles. The maximum atomic E-state index is 12.5. The van der Waals surface area contributed by atoms with Crippen molar-refractivity contribution in [3.05, 3.63) is 66.8 Å². The highest BCUT2D eigenvalue weighted by atomic mass is 19.4. The molecule has 21 heavy (non-hydrogen) atoms. The highest BCUT2D eigenvalue weighted by Crippen LogP contribution is 2.29. The molecule has 0 atom stereocenters. The topological polar surface area (TPSA) is 35.6 Å². The first-order valence-electron chi connectivity index (χ1n) is 6.18. The summed E-state index contributed by atoms with van der Waals surface area (Å²) in [6.45, 7) is 0.563. The van der Waals surface area contributed by atoms with Crippen LogP contribution in [0.25, 0.3) is 5.69 Å². The number of nitrogens with zero attached hydrogens (tertiary/aromatic N) is 4. The van der Waals surface area contributed by atoms with Crippen LogP contribution in [0.4, 0.5) is 13.2 Å². The van der Waals surface area contributed by atoms with Crippen molar-refractivity contribution in [3.8, 4) is 5.69 Å². The molecule has 3 rings (SSSR count). The number of aromatic nitrogens is 4. The molecule has 0 radical (unpaired) electrons. The van der Waals surface area contributed by atoms with Gasteiger partial charge in [-0.15, -0.1) is 0 Å². The predicted molar refractivity (Wildman–Crippen MR) is 69.9 cm³/mol. The van der Waals surface area contributed by atoms with Gasteiger partial charge >= 0.3 is 6.18 Å². The molecule has 0 saturated heterocycles. The molecule has 0 aliphatic heterocycles. The van der Waals surface area contributed by atoms with Crippen LogP contribution in [0.3, 0.4) is 0 Å². The van der Waals surface area contributed by atoms with Crippen LogP contribution in [0.15, 0.2) is 55.5 Å². The zero-order valence-electron chi connectivity index (χ0n) is 10.8. The van der Waals surface area contributed by atoms with E-state index in [-0.39, 0.29) is 0 Å². The van der Waals surface area contributed by atoms with E-state index >= 15 is 0 Å². The minimum Gasteiger partial charge on any atom is -0.331 e. The average Bonchev–Trinajstić information content (AvgIpc) is 3.10. The van der Waals surface area contributed by atoms with Gasteiger partial charge in [-0.3, -0.25) is 0 Å². The first-order chi connectivity index (χ1) is 10.0. The first kappa shape index (κ1) is 13.4. The maximum Gasteiger partial charge on any atom is 0.416 e. The lowest BCUT2D eigenvalue weighted by Gasteiger charge is -2.07. The second-order valence-electron chi connectivity index (χ2n) is 4.55. The molecule has 0 fully saturated rings. The number of hydrogen-bond acceptors (Lipinski definition) is 2. The highest BCUT2D eigenvalue weighted by Gasteiger charge is 2.29. The van der Waals surface area contributed by atoms with Crippen LogP contribution in [0.2, 0.25) is 0 Å². The molecule has 2 aromatic heterocycles. The van der Waals surface area contributed by atoms with Crippen molar-refractivity contribution >= 4 is 0 Å². The summed E-state index contributed by atoms with van der Waals surface area (Å²) in [5.74, 6) is 0. The van der Waals surface area contributed by atoms with E-state index in [1.54, 1.807) is 29.6 Å². The van der Waals surface area contributed by atoms with E-state index < -0.39 is 11.7 Å². The third-order valence-corrected chi connectivity index (χ3v) is 3.03. The van der Waals surface area contributed by atoms with Gasteiger partial charge in [0.1, 0.15) is 0 Å². The second kappa shape index (κ2) is 5.08. The zero-order chi connectivity index (χ0) is 14.9. The van der Waals surface area contributed by atoms with Gasteiger partial charge in [0.05, 0.1) is 30.5 Å². The van der Waals surface area contributed by atoms with Gasteiger partial charge in [-0.2, -0.15) is 13.2 Å². The van der Waals surface area contributed by atoms with Gasteiger partial charge in [-0.25, -0.2) is 9.97 Å². The summed E-state index contributed by atoms with van der Waals surface area (Å²) in [6.07, 6.45) is 4.21. The minimum atomic E-state index is -4.32. The van der Waals surface area contributed by atoms with Crippen LogP contribution in [-0.2, 0) is 12.7 Å². The molecule has 2 heterocycles. The molecule has 1 aromatic carbocycles. The Bertz CT molecular complexity index is 712. The summed E-state index contributed by atoms with van der Waals surface area (Å²) in [6, 6.07) is 4.97. The van der Waals surface area contributed by atoms with Gasteiger partial charge < -0.3 is 9.13 Å². The zero-order valence-corrected chi connectivity index (χ0v) is 10.8. The minimum absolute atomic E-state index is 0.563. The lowest BCUT2D eigenvalue weighted by molar-refractivity contribution is -0.137. The lowest BCUT2D eigenvalue weighted by Crippen LogP contribution is -2.04. The van der Waals surface area contributed by atoms with E-state index in [1.165, 1.54) is 12.1 Å². The molecule has 7 heteroatoms. The van der Waals surface area contributed by atoms with Crippen LogP contribution in [0.5, 0.6) is 0 Å². The fraction of sp³-hybridized carbons (Fsp3) is 0.143. The van der Waals surface area contributed by atoms with E-state index in [1.807, 2.05) is 10.8 Å². The molecule has 0 aliphatic carbocycles. The van der Waals surface area contributed by atoms with Crippen LogP contribution in [0, 0.1) is 0 Å². The molecule has 108 valence electrons. The summed E-state index contributed by atoms with van der Waals surface area (Å²) in [5, 5.41) is 0. The number of imidazole rings is 2. The van der Waals surface area contributed by atoms with E-state index in [4.69, 9.17) is 0 Å². The van der Waals surface area contributed by atoms with Crippen molar-refractivity contribution in [1.29, 1.82) is 0 Å². The Balaban J connectivity index is 1.80. The fourth-order valence-corrected chi connectivity index (χ4v) is 1.98. The summed E-state index contributed by atoms with van der Waals surface area (Å²) in [4.78, 5) is 8.17. The quantitative estimate of drug-likeness (QED) is 0.743. The van der Waals surface area contributed by atoms with Crippen molar-refractivity contribution in [2.24, 2.45) is 0 Å². The molecule has 4 nitrogen and oxygen atoms in total. The number of alkyl halides is 3. The molecule has 0 unspecified atom stereocenters. The predicted octanol–water partition coefficient (Wildman–Crippen LogP) is 3.14. The smallest absolute Gasteiger partial charge is 0.331 e. The molecule has 0 N–H and O–H groups in total. The van der Waals surface area contributed by atoms with E-state index in [9.17, 15) is 13.2 Å². The Morgan fingerprint density at radius 2 is 1.81 bits per heavy atom. The SMILES string of the molecule is FC(F)(F)c1ccc(-n2cnc(Cn3ccnc3)c2)cc1. The Morgan fingerprint density at radius 3 is 2.43 bits per heavy atom. The largest absolute Gasteiger partial charge is 0.416 e. The summed E-state index contributed by atoms with van der Waals surface area (Å²) >= 11 is 0.